The molecule has 0 unspecified atom stereocenters. The SMILES string of the molecule is O=C(O)C1(CC2CC2)CCC(F)(F)CC1. The second-order valence-electron chi connectivity index (χ2n) is 5.09. The number of carbonyl (C=O) groups is 1. The molecule has 0 bridgehead atoms. The summed E-state index contributed by atoms with van der Waals surface area (Å²) < 4.78 is 25.9. The molecule has 0 atom stereocenters. The first-order valence-corrected chi connectivity index (χ1v) is 5.55. The molecule has 0 aliphatic heterocycles. The third-order valence-corrected chi connectivity index (χ3v) is 3.77. The highest BCUT2D eigenvalue weighted by molar-refractivity contribution is 5.74. The Balaban J connectivity index is 2.04. The van der Waals surface area contributed by atoms with Crippen molar-refractivity contribution >= 4 is 5.97 Å². The van der Waals surface area contributed by atoms with Gasteiger partial charge in [-0.15, -0.1) is 0 Å². The lowest BCUT2D eigenvalue weighted by atomic mass is 9.69. The smallest absolute Gasteiger partial charge is 0.309 e. The molecule has 2 aliphatic carbocycles. The van der Waals surface area contributed by atoms with Gasteiger partial charge in [0.2, 0.25) is 5.92 Å². The molecule has 0 saturated heterocycles. The minimum absolute atomic E-state index is 0.145. The van der Waals surface area contributed by atoms with Crippen LogP contribution in [-0.4, -0.2) is 17.0 Å². The average molecular weight is 218 g/mol. The van der Waals surface area contributed by atoms with E-state index < -0.39 is 17.3 Å². The van der Waals surface area contributed by atoms with Crippen LogP contribution in [-0.2, 0) is 4.79 Å². The number of hydrogen-bond donors (Lipinski definition) is 1. The van der Waals surface area contributed by atoms with Gasteiger partial charge in [0, 0.05) is 12.8 Å². The van der Waals surface area contributed by atoms with Crippen molar-refractivity contribution in [2.75, 3.05) is 0 Å². The maximum atomic E-state index is 13.0. The van der Waals surface area contributed by atoms with Crippen LogP contribution >= 0.6 is 0 Å². The third kappa shape index (κ3) is 2.29. The first kappa shape index (κ1) is 10.8. The average Bonchev–Trinajstić information content (AvgIpc) is 2.92. The lowest BCUT2D eigenvalue weighted by Crippen LogP contribution is -2.39. The highest BCUT2D eigenvalue weighted by Gasteiger charge is 2.49. The Morgan fingerprint density at radius 3 is 2.13 bits per heavy atom. The van der Waals surface area contributed by atoms with Crippen molar-refractivity contribution in [1.82, 2.24) is 0 Å². The summed E-state index contributed by atoms with van der Waals surface area (Å²) in [6.07, 6.45) is 2.53. The molecule has 2 fully saturated rings. The van der Waals surface area contributed by atoms with Gasteiger partial charge in [0.05, 0.1) is 5.41 Å². The van der Waals surface area contributed by atoms with Crippen LogP contribution in [0.15, 0.2) is 0 Å². The van der Waals surface area contributed by atoms with Gasteiger partial charge in [-0.1, -0.05) is 12.8 Å². The molecule has 2 rings (SSSR count). The Morgan fingerprint density at radius 2 is 1.73 bits per heavy atom. The van der Waals surface area contributed by atoms with Crippen LogP contribution < -0.4 is 0 Å². The fourth-order valence-electron chi connectivity index (χ4n) is 2.47. The second-order valence-corrected chi connectivity index (χ2v) is 5.09. The third-order valence-electron chi connectivity index (χ3n) is 3.77. The quantitative estimate of drug-likeness (QED) is 0.790. The van der Waals surface area contributed by atoms with Crippen molar-refractivity contribution in [1.29, 1.82) is 0 Å². The monoisotopic (exact) mass is 218 g/mol. The Hall–Kier alpha value is -0.670. The van der Waals surface area contributed by atoms with Gasteiger partial charge in [0.25, 0.3) is 0 Å². The molecule has 2 saturated carbocycles. The summed E-state index contributed by atoms with van der Waals surface area (Å²) in [5.74, 6) is -3.03. The van der Waals surface area contributed by atoms with E-state index >= 15 is 0 Å². The molecule has 2 nitrogen and oxygen atoms in total. The molecule has 15 heavy (non-hydrogen) atoms. The zero-order valence-corrected chi connectivity index (χ0v) is 8.64. The maximum absolute atomic E-state index is 13.0. The number of halogens is 2. The van der Waals surface area contributed by atoms with Gasteiger partial charge in [-0.25, -0.2) is 8.78 Å². The first-order valence-electron chi connectivity index (χ1n) is 5.55. The lowest BCUT2D eigenvalue weighted by Gasteiger charge is -2.36. The van der Waals surface area contributed by atoms with Gasteiger partial charge in [0.1, 0.15) is 0 Å². The molecule has 0 amide bonds. The van der Waals surface area contributed by atoms with Crippen LogP contribution in [0.25, 0.3) is 0 Å². The van der Waals surface area contributed by atoms with E-state index in [0.29, 0.717) is 12.3 Å². The number of carboxylic acid groups (broad SMARTS) is 1. The molecule has 4 heteroatoms. The molecule has 0 aromatic rings. The molecule has 2 aliphatic rings. The minimum Gasteiger partial charge on any atom is -0.481 e. The van der Waals surface area contributed by atoms with Gasteiger partial charge >= 0.3 is 5.97 Å². The lowest BCUT2D eigenvalue weighted by molar-refractivity contribution is -0.158. The number of aliphatic carboxylic acids is 1. The number of alkyl halides is 2. The van der Waals surface area contributed by atoms with Gasteiger partial charge < -0.3 is 5.11 Å². The van der Waals surface area contributed by atoms with E-state index in [4.69, 9.17) is 0 Å². The number of carboxylic acids is 1. The van der Waals surface area contributed by atoms with E-state index in [9.17, 15) is 18.7 Å². The van der Waals surface area contributed by atoms with Crippen molar-refractivity contribution in [3.8, 4) is 0 Å². The highest BCUT2D eigenvalue weighted by Crippen LogP contribution is 2.51. The number of hydrogen-bond acceptors (Lipinski definition) is 1. The Bertz CT molecular complexity index is 262. The molecular formula is C11H16F2O2. The van der Waals surface area contributed by atoms with E-state index in [-0.39, 0.29) is 25.7 Å². The minimum atomic E-state index is -2.64. The van der Waals surface area contributed by atoms with E-state index in [0.717, 1.165) is 12.8 Å². The summed E-state index contributed by atoms with van der Waals surface area (Å²) in [5, 5.41) is 9.19. The van der Waals surface area contributed by atoms with Crippen LogP contribution in [0.5, 0.6) is 0 Å². The van der Waals surface area contributed by atoms with Crippen LogP contribution in [0.4, 0.5) is 8.78 Å². The zero-order chi connectivity index (χ0) is 11.1. The van der Waals surface area contributed by atoms with E-state index in [1.54, 1.807) is 0 Å². The van der Waals surface area contributed by atoms with Gasteiger partial charge in [-0.05, 0) is 25.2 Å². The molecule has 0 radical (unpaired) electrons. The zero-order valence-electron chi connectivity index (χ0n) is 8.64. The fourth-order valence-corrected chi connectivity index (χ4v) is 2.47. The molecule has 0 aromatic heterocycles. The van der Waals surface area contributed by atoms with Crippen molar-refractivity contribution in [3.63, 3.8) is 0 Å². The highest BCUT2D eigenvalue weighted by atomic mass is 19.3. The standard InChI is InChI=1S/C11H16F2O2/c12-11(13)5-3-10(4-6-11,9(14)15)7-8-1-2-8/h8H,1-7H2,(H,14,15). The summed E-state index contributed by atoms with van der Waals surface area (Å²) in [6, 6.07) is 0. The molecule has 0 heterocycles. The summed E-state index contributed by atoms with van der Waals surface area (Å²) >= 11 is 0. The van der Waals surface area contributed by atoms with E-state index in [2.05, 4.69) is 0 Å². The summed E-state index contributed by atoms with van der Waals surface area (Å²) in [4.78, 5) is 11.2. The predicted molar refractivity (Wildman–Crippen MR) is 50.8 cm³/mol. The van der Waals surface area contributed by atoms with Gasteiger partial charge in [0.15, 0.2) is 0 Å². The second kappa shape index (κ2) is 3.42. The van der Waals surface area contributed by atoms with Crippen LogP contribution in [0, 0.1) is 11.3 Å². The summed E-state index contributed by atoms with van der Waals surface area (Å²) in [6.45, 7) is 0. The fraction of sp³-hybridized carbons (Fsp3) is 0.909. The first-order chi connectivity index (χ1) is 6.94. The van der Waals surface area contributed by atoms with Crippen LogP contribution in [0.3, 0.4) is 0 Å². The normalized spacial score (nSPS) is 28.7. The van der Waals surface area contributed by atoms with Crippen molar-refractivity contribution in [2.24, 2.45) is 11.3 Å². The van der Waals surface area contributed by atoms with E-state index in [1.807, 2.05) is 0 Å². The maximum Gasteiger partial charge on any atom is 0.309 e. The van der Waals surface area contributed by atoms with E-state index in [1.165, 1.54) is 0 Å². The number of rotatable bonds is 3. The molecule has 1 N–H and O–H groups in total. The molecule has 86 valence electrons. The van der Waals surface area contributed by atoms with Crippen molar-refractivity contribution in [3.05, 3.63) is 0 Å². The molecular weight excluding hydrogens is 202 g/mol. The summed E-state index contributed by atoms with van der Waals surface area (Å²) in [7, 11) is 0. The Kier molecular flexibility index (Phi) is 2.47. The largest absolute Gasteiger partial charge is 0.481 e. The topological polar surface area (TPSA) is 37.3 Å². The molecule has 0 spiro atoms. The molecule has 0 aromatic carbocycles. The predicted octanol–water partition coefficient (Wildman–Crippen LogP) is 3.07. The van der Waals surface area contributed by atoms with Gasteiger partial charge in [-0.2, -0.15) is 0 Å². The van der Waals surface area contributed by atoms with Crippen molar-refractivity contribution in [2.45, 2.75) is 50.9 Å². The Labute approximate surface area is 87.7 Å². The van der Waals surface area contributed by atoms with Crippen LogP contribution in [0.1, 0.15) is 44.9 Å². The van der Waals surface area contributed by atoms with Crippen LogP contribution in [0.2, 0.25) is 0 Å². The summed E-state index contributed by atoms with van der Waals surface area (Å²) in [5.41, 5.74) is -0.844. The van der Waals surface area contributed by atoms with Crippen molar-refractivity contribution < 1.29 is 18.7 Å². The Morgan fingerprint density at radius 1 is 1.20 bits per heavy atom. The van der Waals surface area contributed by atoms with Gasteiger partial charge in [-0.3, -0.25) is 4.79 Å².